The Morgan fingerprint density at radius 2 is 0.978 bits per heavy atom. The topological polar surface area (TPSA) is 0 Å². The van der Waals surface area contributed by atoms with E-state index in [9.17, 15) is 0 Å². The fourth-order valence-corrected chi connectivity index (χ4v) is 28.4. The molecule has 0 fully saturated rings. The van der Waals surface area contributed by atoms with E-state index in [4.69, 9.17) is 0 Å². The van der Waals surface area contributed by atoms with Gasteiger partial charge in [0.2, 0.25) is 0 Å². The van der Waals surface area contributed by atoms with Crippen LogP contribution in [0.2, 0.25) is 13.1 Å². The number of hydrogen-bond acceptors (Lipinski definition) is 0. The van der Waals surface area contributed by atoms with Crippen LogP contribution in [-0.4, -0.2) is 5.43 Å². The minimum absolute atomic E-state index is 0. The normalized spacial score (nSPS) is 16.2. The van der Waals surface area contributed by atoms with E-state index >= 15 is 0 Å². The Kier molecular flexibility index (Phi) is 12.1. The molecule has 0 bridgehead atoms. The Hall–Kier alpha value is -1.96. The molecule has 2 aliphatic rings. The number of benzene rings is 4. The van der Waals surface area contributed by atoms with Gasteiger partial charge in [-0.1, -0.05) is 0 Å². The maximum atomic E-state index is 2.64. The van der Waals surface area contributed by atoms with Crippen molar-refractivity contribution >= 4 is 17.6 Å². The summed E-state index contributed by atoms with van der Waals surface area (Å²) in [7, 11) is 0. The standard InChI is InChI=1S/C21H23.C19H19.C2H6Si.2ClH.Zr/c1-14(2)16-8-10-17(11-9-16)20-7-5-6-18-12-19(15(3)4)13-21(18)20;1-13(2)15-7-9-16(10-8-15)18-6-4-5-17-11-14(3)12-19(17)18;1-3-2;;;/h5-15H,1-4H3;4-13H,1-3H3;1-2H3;2*1H;/q;;;;;+2/p-2. The molecule has 6 rings (SSSR count). The van der Waals surface area contributed by atoms with E-state index in [0.717, 1.165) is 0 Å². The van der Waals surface area contributed by atoms with Crippen molar-refractivity contribution < 1.29 is 45.2 Å². The van der Waals surface area contributed by atoms with Gasteiger partial charge in [0.05, 0.1) is 0 Å². The molecule has 2 unspecified atom stereocenters. The predicted octanol–water partition coefficient (Wildman–Crippen LogP) is 6.40. The first-order valence-corrected chi connectivity index (χ1v) is 25.6. The van der Waals surface area contributed by atoms with E-state index in [2.05, 4.69) is 159 Å². The van der Waals surface area contributed by atoms with Crippen LogP contribution >= 0.6 is 0 Å². The summed E-state index contributed by atoms with van der Waals surface area (Å²) in [5.41, 5.74) is 17.4. The molecule has 4 aromatic carbocycles. The van der Waals surface area contributed by atoms with Crippen molar-refractivity contribution in [3.05, 3.63) is 129 Å². The zero-order valence-electron chi connectivity index (χ0n) is 28.9. The van der Waals surface area contributed by atoms with Crippen LogP contribution in [0.1, 0.15) is 101 Å². The molecule has 0 aromatic heterocycles. The van der Waals surface area contributed by atoms with Crippen molar-refractivity contribution in [2.75, 3.05) is 0 Å². The van der Waals surface area contributed by atoms with Crippen LogP contribution in [-0.2, 0) is 20.4 Å². The van der Waals surface area contributed by atoms with Gasteiger partial charge >= 0.3 is 276 Å². The molecular weight excluding hydrogens is 695 g/mol. The van der Waals surface area contributed by atoms with Crippen LogP contribution < -0.4 is 24.8 Å². The van der Waals surface area contributed by atoms with Crippen molar-refractivity contribution in [3.63, 3.8) is 0 Å². The Bertz CT molecular complexity index is 1800. The van der Waals surface area contributed by atoms with Crippen LogP contribution in [0.5, 0.6) is 0 Å². The SMILES string of the molecule is CC1=Cc2c(-c3ccc(C(C)C)cc3)cccc2[CH]1[Zr+2]([CH]1C(C(C)C)=Cc2c(-c3ccc(C(C)C)cc3)cccc21)=[Si](C)C.[Cl-].[Cl-]. The molecule has 0 saturated carbocycles. The summed E-state index contributed by atoms with van der Waals surface area (Å²) in [6.07, 6.45) is 5.20. The molecule has 0 saturated heterocycles. The summed E-state index contributed by atoms with van der Waals surface area (Å²) in [5, 5.41) is 0. The van der Waals surface area contributed by atoms with E-state index in [1.54, 1.807) is 22.3 Å². The minimum Gasteiger partial charge on any atom is -1.00 e. The third kappa shape index (κ3) is 6.80. The monoisotopic (exact) mass is 740 g/mol. The van der Waals surface area contributed by atoms with Gasteiger partial charge < -0.3 is 24.8 Å². The molecule has 0 nitrogen and oxygen atoms in total. The van der Waals surface area contributed by atoms with Crippen LogP contribution in [0, 0.1) is 5.92 Å². The average molecular weight is 743 g/mol. The maximum Gasteiger partial charge on any atom is -1.00 e. The zero-order chi connectivity index (χ0) is 31.3. The van der Waals surface area contributed by atoms with Crippen molar-refractivity contribution in [1.82, 2.24) is 0 Å². The van der Waals surface area contributed by atoms with E-state index in [1.165, 1.54) is 44.5 Å². The number of hydrogen-bond donors (Lipinski definition) is 0. The molecule has 46 heavy (non-hydrogen) atoms. The van der Waals surface area contributed by atoms with Gasteiger partial charge in [-0.3, -0.25) is 0 Å². The molecule has 4 aromatic rings. The number of halogens is 2. The molecular formula is C42H48Cl2SiZr. The van der Waals surface area contributed by atoms with E-state index in [-0.39, 0.29) is 24.8 Å². The summed E-state index contributed by atoms with van der Waals surface area (Å²) in [6, 6.07) is 33.1. The van der Waals surface area contributed by atoms with Crippen molar-refractivity contribution in [2.24, 2.45) is 5.92 Å². The average Bonchev–Trinajstić information content (AvgIpc) is 3.55. The van der Waals surface area contributed by atoms with Gasteiger partial charge in [-0.25, -0.2) is 0 Å². The molecule has 0 amide bonds. The van der Waals surface area contributed by atoms with Crippen LogP contribution in [0.4, 0.5) is 0 Å². The van der Waals surface area contributed by atoms with Crippen LogP contribution in [0.3, 0.4) is 0 Å². The molecule has 238 valence electrons. The van der Waals surface area contributed by atoms with Crippen molar-refractivity contribution in [1.29, 1.82) is 0 Å². The Balaban J connectivity index is 0.00000240. The van der Waals surface area contributed by atoms with Gasteiger partial charge in [-0.2, -0.15) is 0 Å². The molecule has 0 heterocycles. The third-order valence-corrected chi connectivity index (χ3v) is 29.6. The maximum absolute atomic E-state index is 2.64. The second kappa shape index (κ2) is 15.1. The predicted molar refractivity (Wildman–Crippen MR) is 191 cm³/mol. The summed E-state index contributed by atoms with van der Waals surface area (Å²) in [4.78, 5) is 0. The molecule has 0 radical (unpaired) electrons. The molecule has 2 aliphatic carbocycles. The molecule has 2 atom stereocenters. The number of rotatable bonds is 7. The van der Waals surface area contributed by atoms with Gasteiger partial charge in [-0.05, 0) is 0 Å². The quantitative estimate of drug-likeness (QED) is 0.193. The van der Waals surface area contributed by atoms with Crippen LogP contribution in [0.15, 0.2) is 96.1 Å². The fraction of sp³-hybridized carbons (Fsp3) is 0.333. The first kappa shape index (κ1) is 36.9. The molecule has 4 heteroatoms. The number of fused-ring (bicyclic) bond motifs is 2. The van der Waals surface area contributed by atoms with Gasteiger partial charge in [0.1, 0.15) is 0 Å². The molecule has 0 N–H and O–H groups in total. The molecule has 0 aliphatic heterocycles. The van der Waals surface area contributed by atoms with Gasteiger partial charge in [0.15, 0.2) is 0 Å². The summed E-state index contributed by atoms with van der Waals surface area (Å²) in [5.74, 6) is 1.66. The summed E-state index contributed by atoms with van der Waals surface area (Å²) >= 11 is -2.17. The Morgan fingerprint density at radius 3 is 1.39 bits per heavy atom. The van der Waals surface area contributed by atoms with Gasteiger partial charge in [-0.15, -0.1) is 0 Å². The largest absolute Gasteiger partial charge is 1.00 e. The smallest absolute Gasteiger partial charge is 1.00 e. The van der Waals surface area contributed by atoms with Gasteiger partial charge in [0, 0.05) is 0 Å². The Morgan fingerprint density at radius 1 is 0.543 bits per heavy atom. The van der Waals surface area contributed by atoms with E-state index < -0.39 is 25.8 Å². The second-order valence-electron chi connectivity index (χ2n) is 14.2. The fourth-order valence-electron chi connectivity index (χ4n) is 7.58. The third-order valence-electron chi connectivity index (χ3n) is 10.0. The second-order valence-corrected chi connectivity index (χ2v) is 32.0. The van der Waals surface area contributed by atoms with E-state index in [1.807, 2.05) is 0 Å². The molecule has 0 spiro atoms. The first-order valence-electron chi connectivity index (χ1n) is 16.6. The first-order chi connectivity index (χ1) is 21.1. The summed E-state index contributed by atoms with van der Waals surface area (Å²) in [6.45, 7) is 21.7. The minimum atomic E-state index is -2.17. The van der Waals surface area contributed by atoms with E-state index in [0.29, 0.717) is 25.0 Å². The summed E-state index contributed by atoms with van der Waals surface area (Å²) < 4.78 is 1.28. The van der Waals surface area contributed by atoms with Gasteiger partial charge in [0.25, 0.3) is 0 Å². The Labute approximate surface area is 298 Å². The van der Waals surface area contributed by atoms with Crippen LogP contribution in [0.25, 0.3) is 34.4 Å². The number of allylic oxidation sites excluding steroid dienone is 2. The van der Waals surface area contributed by atoms with Crippen molar-refractivity contribution in [3.8, 4) is 22.3 Å². The van der Waals surface area contributed by atoms with Crippen molar-refractivity contribution in [2.45, 2.75) is 80.6 Å². The zero-order valence-corrected chi connectivity index (χ0v) is 33.9.